The van der Waals surface area contributed by atoms with Gasteiger partial charge in [-0.05, 0) is 24.5 Å². The molecule has 0 N–H and O–H groups in total. The fourth-order valence-corrected chi connectivity index (χ4v) is 2.34. The number of hydrogen-bond acceptors (Lipinski definition) is 5. The van der Waals surface area contributed by atoms with Crippen molar-refractivity contribution in [1.29, 1.82) is 0 Å². The number of esters is 2. The molecule has 1 heterocycles. The van der Waals surface area contributed by atoms with Crippen LogP contribution in [0, 0.1) is 0 Å². The molecule has 0 radical (unpaired) electrons. The molecule has 20 heavy (non-hydrogen) atoms. The maximum Gasteiger partial charge on any atom is 0.303 e. The highest BCUT2D eigenvalue weighted by Gasteiger charge is 2.33. The minimum absolute atomic E-state index is 0.375. The number of pyridine rings is 1. The fraction of sp³-hybridized carbons (Fsp3) is 0.400. The van der Waals surface area contributed by atoms with Crippen molar-refractivity contribution in [1.82, 2.24) is 4.98 Å². The van der Waals surface area contributed by atoms with Crippen LogP contribution in [-0.4, -0.2) is 29.1 Å². The lowest BCUT2D eigenvalue weighted by atomic mass is 9.89. The second-order valence-electron chi connectivity index (χ2n) is 4.66. The number of aromatic nitrogens is 1. The Kier molecular flexibility index (Phi) is 4.50. The molecule has 2 rings (SSSR count). The molecule has 0 unspecified atom stereocenters. The maximum atomic E-state index is 11.3. The second kappa shape index (κ2) is 6.32. The smallest absolute Gasteiger partial charge is 0.303 e. The van der Waals surface area contributed by atoms with Crippen molar-refractivity contribution in [3.8, 4) is 0 Å². The molecule has 0 aromatic carbocycles. The summed E-state index contributed by atoms with van der Waals surface area (Å²) < 4.78 is 10.6. The molecule has 1 aromatic rings. The van der Waals surface area contributed by atoms with Crippen molar-refractivity contribution in [2.75, 3.05) is 0 Å². The van der Waals surface area contributed by atoms with Crippen molar-refractivity contribution in [2.45, 2.75) is 38.9 Å². The first-order chi connectivity index (χ1) is 9.58. The Balaban J connectivity index is 2.30. The summed E-state index contributed by atoms with van der Waals surface area (Å²) in [6.45, 7) is 2.70. The van der Waals surface area contributed by atoms with E-state index in [0.29, 0.717) is 6.42 Å². The van der Waals surface area contributed by atoms with Gasteiger partial charge in [0.25, 0.3) is 0 Å². The van der Waals surface area contributed by atoms with E-state index in [0.717, 1.165) is 17.6 Å². The van der Waals surface area contributed by atoms with E-state index in [1.807, 2.05) is 18.2 Å². The van der Waals surface area contributed by atoms with Crippen LogP contribution >= 0.6 is 0 Å². The molecular formula is C15H17NO4. The first-order valence-corrected chi connectivity index (χ1v) is 6.53. The molecule has 0 saturated carbocycles. The standard InChI is InChI=1S/C15H17NO4/c1-10(17)19-14-7-3-6-13(15(14)20-11(2)18)12-5-4-8-16-9-12/h4-6,8-9,14-15H,3,7H2,1-2H3/t14-,15-/m0/s1. The Bertz CT molecular complexity index is 524. The number of hydrogen-bond donors (Lipinski definition) is 0. The molecule has 0 spiro atoms. The molecule has 1 aliphatic rings. The Morgan fingerprint density at radius 3 is 2.60 bits per heavy atom. The quantitative estimate of drug-likeness (QED) is 0.790. The van der Waals surface area contributed by atoms with Gasteiger partial charge in [0.15, 0.2) is 6.10 Å². The van der Waals surface area contributed by atoms with Crippen LogP contribution in [0.4, 0.5) is 0 Å². The summed E-state index contributed by atoms with van der Waals surface area (Å²) in [6, 6.07) is 3.71. The van der Waals surface area contributed by atoms with Gasteiger partial charge in [0.2, 0.25) is 0 Å². The molecule has 1 aromatic heterocycles. The van der Waals surface area contributed by atoms with Crippen LogP contribution in [-0.2, 0) is 19.1 Å². The van der Waals surface area contributed by atoms with Crippen LogP contribution < -0.4 is 0 Å². The molecule has 0 amide bonds. The van der Waals surface area contributed by atoms with Crippen LogP contribution in [0.2, 0.25) is 0 Å². The Morgan fingerprint density at radius 1 is 1.25 bits per heavy atom. The largest absolute Gasteiger partial charge is 0.458 e. The second-order valence-corrected chi connectivity index (χ2v) is 4.66. The van der Waals surface area contributed by atoms with Gasteiger partial charge in [-0.15, -0.1) is 0 Å². The first-order valence-electron chi connectivity index (χ1n) is 6.53. The van der Waals surface area contributed by atoms with Crippen LogP contribution in [0.1, 0.15) is 32.3 Å². The zero-order valence-electron chi connectivity index (χ0n) is 11.5. The zero-order valence-corrected chi connectivity index (χ0v) is 11.5. The predicted molar refractivity (Wildman–Crippen MR) is 72.6 cm³/mol. The SMILES string of the molecule is CC(=O)O[C@H]1CCC=C(c2cccnc2)[C@@H]1OC(C)=O. The van der Waals surface area contributed by atoms with Crippen LogP contribution in [0.5, 0.6) is 0 Å². The number of allylic oxidation sites excluding steroid dienone is 1. The van der Waals surface area contributed by atoms with Crippen molar-refractivity contribution in [2.24, 2.45) is 0 Å². The summed E-state index contributed by atoms with van der Waals surface area (Å²) in [4.78, 5) is 26.6. The lowest BCUT2D eigenvalue weighted by molar-refractivity contribution is -0.161. The van der Waals surface area contributed by atoms with E-state index in [-0.39, 0.29) is 5.97 Å². The van der Waals surface area contributed by atoms with Gasteiger partial charge in [-0.1, -0.05) is 12.1 Å². The third-order valence-corrected chi connectivity index (χ3v) is 3.06. The Labute approximate surface area is 117 Å². The molecule has 0 saturated heterocycles. The molecule has 5 nitrogen and oxygen atoms in total. The average molecular weight is 275 g/mol. The third-order valence-electron chi connectivity index (χ3n) is 3.06. The van der Waals surface area contributed by atoms with Gasteiger partial charge in [-0.3, -0.25) is 14.6 Å². The minimum Gasteiger partial charge on any atom is -0.458 e. The van der Waals surface area contributed by atoms with Crippen molar-refractivity contribution >= 4 is 17.5 Å². The van der Waals surface area contributed by atoms with Crippen molar-refractivity contribution in [3.05, 3.63) is 36.2 Å². The highest BCUT2D eigenvalue weighted by atomic mass is 16.6. The summed E-state index contributed by atoms with van der Waals surface area (Å²) in [5, 5.41) is 0. The number of carbonyl (C=O) groups is 2. The highest BCUT2D eigenvalue weighted by molar-refractivity contribution is 5.75. The van der Waals surface area contributed by atoms with Gasteiger partial charge in [0, 0.05) is 31.8 Å². The number of carbonyl (C=O) groups excluding carboxylic acids is 2. The van der Waals surface area contributed by atoms with Crippen LogP contribution in [0.25, 0.3) is 5.57 Å². The molecule has 0 aliphatic heterocycles. The third kappa shape index (κ3) is 3.44. The maximum absolute atomic E-state index is 11.3. The number of ether oxygens (including phenoxy) is 2. The molecule has 2 atom stereocenters. The lowest BCUT2D eigenvalue weighted by Crippen LogP contribution is -2.37. The summed E-state index contributed by atoms with van der Waals surface area (Å²) in [6.07, 6.45) is 5.77. The molecule has 5 heteroatoms. The molecule has 0 bridgehead atoms. The Hall–Kier alpha value is -2.17. The van der Waals surface area contributed by atoms with Crippen LogP contribution in [0.3, 0.4) is 0 Å². The van der Waals surface area contributed by atoms with Gasteiger partial charge in [0.05, 0.1) is 0 Å². The summed E-state index contributed by atoms with van der Waals surface area (Å²) >= 11 is 0. The number of rotatable bonds is 3. The lowest BCUT2D eigenvalue weighted by Gasteiger charge is -2.31. The van der Waals surface area contributed by atoms with Gasteiger partial charge >= 0.3 is 11.9 Å². The molecular weight excluding hydrogens is 258 g/mol. The summed E-state index contributed by atoms with van der Waals surface area (Å²) in [5.41, 5.74) is 1.71. The van der Waals surface area contributed by atoms with E-state index in [1.165, 1.54) is 13.8 Å². The monoisotopic (exact) mass is 275 g/mol. The topological polar surface area (TPSA) is 65.5 Å². The zero-order chi connectivity index (χ0) is 14.5. The van der Waals surface area contributed by atoms with Crippen molar-refractivity contribution in [3.63, 3.8) is 0 Å². The number of nitrogens with zero attached hydrogens (tertiary/aromatic N) is 1. The van der Waals surface area contributed by atoms with Gasteiger partial charge in [-0.2, -0.15) is 0 Å². The van der Waals surface area contributed by atoms with Crippen LogP contribution in [0.15, 0.2) is 30.6 Å². The van der Waals surface area contributed by atoms with E-state index in [9.17, 15) is 9.59 Å². The van der Waals surface area contributed by atoms with E-state index in [4.69, 9.17) is 9.47 Å². The molecule has 106 valence electrons. The average Bonchev–Trinajstić information content (AvgIpc) is 2.40. The van der Waals surface area contributed by atoms with E-state index >= 15 is 0 Å². The fourth-order valence-electron chi connectivity index (χ4n) is 2.34. The van der Waals surface area contributed by atoms with Gasteiger partial charge in [-0.25, -0.2) is 0 Å². The molecule has 1 aliphatic carbocycles. The van der Waals surface area contributed by atoms with E-state index < -0.39 is 18.2 Å². The van der Waals surface area contributed by atoms with E-state index in [1.54, 1.807) is 12.4 Å². The summed E-state index contributed by atoms with van der Waals surface area (Å²) in [7, 11) is 0. The normalized spacial score (nSPS) is 21.8. The predicted octanol–water partition coefficient (Wildman–Crippen LogP) is 2.12. The van der Waals surface area contributed by atoms with E-state index in [2.05, 4.69) is 4.98 Å². The van der Waals surface area contributed by atoms with Gasteiger partial charge < -0.3 is 9.47 Å². The Morgan fingerprint density at radius 2 is 2.00 bits per heavy atom. The highest BCUT2D eigenvalue weighted by Crippen LogP contribution is 2.31. The van der Waals surface area contributed by atoms with Crippen molar-refractivity contribution < 1.29 is 19.1 Å². The summed E-state index contributed by atoms with van der Waals surface area (Å²) in [5.74, 6) is -0.775. The minimum atomic E-state index is -0.575. The first kappa shape index (κ1) is 14.2. The van der Waals surface area contributed by atoms with Gasteiger partial charge in [0.1, 0.15) is 6.10 Å². The molecule has 0 fully saturated rings.